The number of benzene rings is 5. The largest absolute Gasteiger partial charge is 0.508 e. The molecule has 28 heteroatoms. The lowest BCUT2D eigenvalue weighted by atomic mass is 10.2. The van der Waals surface area contributed by atoms with Gasteiger partial charge < -0.3 is 71.8 Å². The molecule has 15 aromatic rings. The molecule has 0 saturated carbocycles. The van der Waals surface area contributed by atoms with Crippen molar-refractivity contribution in [2.24, 2.45) is 0 Å². The number of alkyl halides is 1. The molecule has 0 unspecified atom stereocenters. The molecule has 0 atom stereocenters. The van der Waals surface area contributed by atoms with Gasteiger partial charge in [0.15, 0.2) is 0 Å². The van der Waals surface area contributed by atoms with E-state index < -0.39 is 0 Å². The fraction of sp³-hybridized carbons (Fsp3) is 0.250. The Balaban J connectivity index is 0.000000161. The third kappa shape index (κ3) is 22.3. The van der Waals surface area contributed by atoms with E-state index in [1.165, 1.54) is 4.43 Å². The number of nitrogens with one attached hydrogen (secondary N) is 2. The number of methoxy groups -OCH3 is 3. The molecule has 0 spiro atoms. The van der Waals surface area contributed by atoms with Crippen molar-refractivity contribution in [2.75, 3.05) is 86.3 Å². The molecule has 0 aliphatic carbocycles. The normalized spacial score (nSPS) is 10.4. The predicted octanol–water partition coefficient (Wildman–Crippen LogP) is 20.1. The maximum Gasteiger partial charge on any atom is 0.231 e. The summed E-state index contributed by atoms with van der Waals surface area (Å²) in [5.74, 6) is 12.9. The summed E-state index contributed by atoms with van der Waals surface area (Å²) in [6, 6.07) is 46.9. The minimum atomic E-state index is 0.241. The highest BCUT2D eigenvalue weighted by Crippen LogP contribution is 2.35. The Morgan fingerprint density at radius 2 is 0.565 bits per heavy atom. The van der Waals surface area contributed by atoms with Gasteiger partial charge in [0, 0.05) is 63.7 Å². The van der Waals surface area contributed by atoms with E-state index in [1.54, 1.807) is 59.4 Å². The molecule has 5 aromatic carbocycles. The molecule has 10 heterocycles. The molecule has 25 nitrogen and oxygen atoms in total. The van der Waals surface area contributed by atoms with Gasteiger partial charge in [-0.05, 0) is 225 Å². The molecule has 0 aliphatic heterocycles. The molecule has 10 aromatic heterocycles. The second-order valence-electron chi connectivity index (χ2n) is 23.9. The topological polar surface area (TPSA) is 297 Å². The molecule has 108 heavy (non-hydrogen) atoms. The van der Waals surface area contributed by atoms with Gasteiger partial charge in [-0.2, -0.15) is 24.9 Å². The SMILES string of the molecule is CNc1ccc(O)cc1.CNc1ccc(OC)cc1.COc1ccc(N(C)c2nc(C)nc3oc(C)cc23)cc1.C[11CH2]I.Cc1nc(Cl)c2cc(C)oc2n1.Cc1nc(Cl)c2cc(C)oc2n1.Cc1nc(N(C)c2ccc(O)cc2)c2cc(C)oc2n1.Cc1nc(N(C)c2ccc(O[11CH3])cc2)c2cc(C)oc2n1. The monoisotopic (exact) mass is 1610 g/mol. The summed E-state index contributed by atoms with van der Waals surface area (Å²) >= 11 is 14.0. The van der Waals surface area contributed by atoms with E-state index >= 15 is 0 Å². The zero-order valence-corrected chi connectivity index (χ0v) is 67.4. The van der Waals surface area contributed by atoms with Crippen LogP contribution in [-0.2, 0) is 0 Å². The smallest absolute Gasteiger partial charge is 0.231 e. The summed E-state index contributed by atoms with van der Waals surface area (Å²) in [4.78, 5) is 48.8. The number of rotatable bonds is 11. The van der Waals surface area contributed by atoms with Gasteiger partial charge in [0.2, 0.25) is 28.6 Å². The van der Waals surface area contributed by atoms with Crippen molar-refractivity contribution in [2.45, 2.75) is 76.2 Å². The van der Waals surface area contributed by atoms with E-state index in [0.717, 1.165) is 119 Å². The average molecular weight is 1620 g/mol. The Kier molecular flexibility index (Phi) is 29.4. The summed E-state index contributed by atoms with van der Waals surface area (Å²) in [6.45, 7) is 20.7. The van der Waals surface area contributed by atoms with Crippen LogP contribution in [-0.4, -0.2) is 121 Å². The first kappa shape index (κ1) is 82.2. The van der Waals surface area contributed by atoms with Crippen LogP contribution in [0.4, 0.5) is 45.9 Å². The number of fused-ring (bicyclic) bond motifs is 5. The van der Waals surface area contributed by atoms with E-state index in [4.69, 9.17) is 64.6 Å². The fourth-order valence-corrected chi connectivity index (χ4v) is 10.9. The number of aromatic nitrogens is 10. The number of furan rings is 5. The van der Waals surface area contributed by atoms with Crippen molar-refractivity contribution < 1.29 is 46.5 Å². The molecule has 0 radical (unpaired) electrons. The fourth-order valence-electron chi connectivity index (χ4n) is 10.4. The van der Waals surface area contributed by atoms with Gasteiger partial charge in [-0.3, -0.25) is 0 Å². The van der Waals surface area contributed by atoms with Gasteiger partial charge in [0.25, 0.3) is 0 Å². The first-order chi connectivity index (χ1) is 51.6. The summed E-state index contributed by atoms with van der Waals surface area (Å²) in [5, 5.41) is 29.3. The van der Waals surface area contributed by atoms with Crippen LogP contribution in [0.2, 0.25) is 10.3 Å². The first-order valence-electron chi connectivity index (χ1n) is 33.8. The second-order valence-corrected chi connectivity index (χ2v) is 26.2. The zero-order valence-electron chi connectivity index (χ0n) is 63.7. The minimum Gasteiger partial charge on any atom is -0.508 e. The van der Waals surface area contributed by atoms with Crippen LogP contribution >= 0.6 is 45.8 Å². The highest BCUT2D eigenvalue weighted by Gasteiger charge is 2.19. The van der Waals surface area contributed by atoms with E-state index in [2.05, 4.69) is 90.0 Å². The average Bonchev–Trinajstić information content (AvgIpc) is 1.52. The number of hydrogen-bond donors (Lipinski definition) is 4. The van der Waals surface area contributed by atoms with Crippen molar-refractivity contribution in [1.29, 1.82) is 0 Å². The van der Waals surface area contributed by atoms with Crippen LogP contribution in [0.5, 0.6) is 28.7 Å². The summed E-state index contributed by atoms with van der Waals surface area (Å²) in [5.41, 5.74) is 8.04. The highest BCUT2D eigenvalue weighted by molar-refractivity contribution is 14.1. The van der Waals surface area contributed by atoms with Crippen LogP contribution in [0, 0.1) is 69.2 Å². The number of nitrogens with zero attached hydrogens (tertiary/aromatic N) is 13. The van der Waals surface area contributed by atoms with Crippen molar-refractivity contribution in [1.82, 2.24) is 49.8 Å². The quantitative estimate of drug-likeness (QED) is 0.0405. The number of hydrogen-bond acceptors (Lipinski definition) is 25. The molecular formula is C80H88Cl2IN15O10. The van der Waals surface area contributed by atoms with E-state index in [9.17, 15) is 5.11 Å². The van der Waals surface area contributed by atoms with E-state index in [1.807, 2.05) is 233 Å². The van der Waals surface area contributed by atoms with Crippen molar-refractivity contribution in [3.8, 4) is 28.7 Å². The van der Waals surface area contributed by atoms with Gasteiger partial charge >= 0.3 is 0 Å². The Hall–Kier alpha value is -11.5. The number of anilines is 8. The molecular weight excluding hydrogens is 1530 g/mol. The molecule has 4 N–H and O–H groups in total. The summed E-state index contributed by atoms with van der Waals surface area (Å²) < 4.78 is 44.0. The Morgan fingerprint density at radius 3 is 0.824 bits per heavy atom. The number of halogens is 3. The standard InChI is InChI=1S/2C16H17N3O2.C15H15N3O2.2C8H7ClN2O.C8H11NO.C7H9NO.C2H5I/c2*1-10-9-14-15(17-11(2)18-16(14)21-10)19(3)12-5-7-13(20-4)8-6-12;1-9-8-13-14(16-10(2)17-15(13)20-9)18(3)11-4-6-12(19)7-5-11;2*1-4-3-6-7(9)10-5(2)11-8(6)12-4;1-9-7-3-5-8(10-2)6-4-7;1-8-6-2-4-7(9)5-3-6;1-2-3/h2*5-9H,1-4H3;4-8,19H,1-3H3;2*3H,1-2H3;3-6,9H,1-2H3;2-5,8-9H,1H3;2H2,1H3/i4-1;;;;;;;2-1. The third-order valence-electron chi connectivity index (χ3n) is 15.6. The number of aryl methyl sites for hydroxylation is 10. The van der Waals surface area contributed by atoms with E-state index in [0.29, 0.717) is 73.7 Å². The van der Waals surface area contributed by atoms with Crippen LogP contribution in [0.1, 0.15) is 64.8 Å². The second kappa shape index (κ2) is 38.7. The lowest BCUT2D eigenvalue weighted by Crippen LogP contribution is -2.12. The minimum absolute atomic E-state index is 0.241. The maximum absolute atomic E-state index is 9.37. The van der Waals surface area contributed by atoms with Gasteiger partial charge in [0.1, 0.15) is 114 Å². The van der Waals surface area contributed by atoms with Crippen LogP contribution in [0.3, 0.4) is 0 Å². The Morgan fingerprint density at radius 1 is 0.352 bits per heavy atom. The molecule has 0 aliphatic rings. The molecule has 0 bridgehead atoms. The molecule has 0 fully saturated rings. The number of phenols is 2. The van der Waals surface area contributed by atoms with Crippen LogP contribution in [0.15, 0.2) is 174 Å². The van der Waals surface area contributed by atoms with Crippen LogP contribution in [0.25, 0.3) is 55.5 Å². The Bertz CT molecular complexity index is 5150. The number of aromatic hydroxyl groups is 2. The van der Waals surface area contributed by atoms with E-state index in [-0.39, 0.29) is 5.75 Å². The number of ether oxygens (including phenoxy) is 3. The molecule has 0 saturated heterocycles. The number of phenolic OH excluding ortho intramolecular Hbond substituents is 2. The molecule has 0 amide bonds. The van der Waals surface area contributed by atoms with Crippen molar-refractivity contribution in [3.63, 3.8) is 0 Å². The molecule has 15 rings (SSSR count). The first-order valence-corrected chi connectivity index (χ1v) is 36.1. The Labute approximate surface area is 650 Å². The third-order valence-corrected chi connectivity index (χ3v) is 16.2. The van der Waals surface area contributed by atoms with Gasteiger partial charge in [-0.15, -0.1) is 0 Å². The maximum atomic E-state index is 9.37. The predicted molar refractivity (Wildman–Crippen MR) is 439 cm³/mol. The summed E-state index contributed by atoms with van der Waals surface area (Å²) in [7, 11) is 14.6. The van der Waals surface area contributed by atoms with Gasteiger partial charge in [0.05, 0.1) is 48.3 Å². The lowest BCUT2D eigenvalue weighted by Gasteiger charge is -2.19. The zero-order chi connectivity index (χ0) is 78.5. The highest BCUT2D eigenvalue weighted by atomic mass is 127. The lowest BCUT2D eigenvalue weighted by molar-refractivity contribution is 0.414. The van der Waals surface area contributed by atoms with Crippen LogP contribution < -0.4 is 39.5 Å². The van der Waals surface area contributed by atoms with Gasteiger partial charge in [-0.25, -0.2) is 24.9 Å². The van der Waals surface area contributed by atoms with Crippen molar-refractivity contribution >= 4 is 147 Å². The summed E-state index contributed by atoms with van der Waals surface area (Å²) in [6.07, 6.45) is 0. The molecule has 564 valence electrons. The van der Waals surface area contributed by atoms with Crippen molar-refractivity contribution in [3.05, 3.63) is 220 Å². The van der Waals surface area contributed by atoms with Gasteiger partial charge in [-0.1, -0.05) is 52.7 Å².